The van der Waals surface area contributed by atoms with Gasteiger partial charge >= 0.3 is 5.25 Å². The van der Waals surface area contributed by atoms with Gasteiger partial charge in [0, 0.05) is 6.04 Å². The summed E-state index contributed by atoms with van der Waals surface area (Å²) in [6, 6.07) is 0.202. The molecule has 8 heteroatoms. The molecule has 1 fully saturated rings. The average molecular weight is 378 g/mol. The van der Waals surface area contributed by atoms with Crippen molar-refractivity contribution < 1.29 is 22.1 Å². The van der Waals surface area contributed by atoms with E-state index in [4.69, 9.17) is 17.0 Å². The maximum absolute atomic E-state index is 13.2. The lowest BCUT2D eigenvalue weighted by Crippen LogP contribution is -2.39. The fraction of sp³-hybridized carbons (Fsp3) is 0.933. The van der Waals surface area contributed by atoms with Crippen LogP contribution in [0, 0.1) is 0 Å². The molecule has 140 valence electrons. The summed E-state index contributed by atoms with van der Waals surface area (Å²) in [6.45, 7) is 7.21. The lowest BCUT2D eigenvalue weighted by molar-refractivity contribution is -0.0146. The highest BCUT2D eigenvalue weighted by atomic mass is 32.2. The topological polar surface area (TPSA) is 30.5 Å². The Morgan fingerprint density at radius 2 is 1.74 bits per heavy atom. The van der Waals surface area contributed by atoms with Crippen molar-refractivity contribution in [2.75, 3.05) is 13.7 Å². The van der Waals surface area contributed by atoms with Gasteiger partial charge < -0.3 is 14.2 Å². The SMILES string of the molecule is CC.CC.COSC(F)(F)C(F)COC(=S)NC1CCCCC1. The minimum Gasteiger partial charge on any atom is -0.468 e. The van der Waals surface area contributed by atoms with E-state index in [0.717, 1.165) is 32.8 Å². The molecule has 0 radical (unpaired) electrons. The maximum atomic E-state index is 13.2. The summed E-state index contributed by atoms with van der Waals surface area (Å²) < 4.78 is 48.3. The summed E-state index contributed by atoms with van der Waals surface area (Å²) in [5.74, 6) is 0. The summed E-state index contributed by atoms with van der Waals surface area (Å²) >= 11 is 4.63. The molecule has 0 spiro atoms. The minimum absolute atomic E-state index is 0.0206. The zero-order valence-corrected chi connectivity index (χ0v) is 16.3. The summed E-state index contributed by atoms with van der Waals surface area (Å²) in [4.78, 5) is 0. The summed E-state index contributed by atoms with van der Waals surface area (Å²) in [7, 11) is 1.06. The molecule has 1 saturated carbocycles. The van der Waals surface area contributed by atoms with E-state index in [1.807, 2.05) is 27.7 Å². The van der Waals surface area contributed by atoms with E-state index in [0.29, 0.717) is 0 Å². The molecule has 0 heterocycles. The van der Waals surface area contributed by atoms with Crippen LogP contribution in [0.2, 0.25) is 0 Å². The molecule has 1 atom stereocenters. The van der Waals surface area contributed by atoms with Gasteiger partial charge in [0.25, 0.3) is 5.17 Å². The Morgan fingerprint density at radius 1 is 1.22 bits per heavy atom. The second-order valence-electron chi connectivity index (χ2n) is 4.36. The van der Waals surface area contributed by atoms with Crippen molar-refractivity contribution in [3.05, 3.63) is 0 Å². The molecule has 0 saturated heterocycles. The van der Waals surface area contributed by atoms with Gasteiger partial charge in [-0.3, -0.25) is 0 Å². The standard InChI is InChI=1S/C11H18F3NO2S2.2C2H6/c1-16-19-11(13,14)9(12)7-17-10(18)15-8-5-3-2-4-6-8;2*1-2/h8-9H,2-7H2,1H3,(H,15,18);2*1-2H3. The van der Waals surface area contributed by atoms with E-state index >= 15 is 0 Å². The molecule has 0 bridgehead atoms. The largest absolute Gasteiger partial charge is 0.468 e. The third kappa shape index (κ3) is 11.9. The van der Waals surface area contributed by atoms with Crippen LogP contribution in [0.15, 0.2) is 0 Å². The second-order valence-corrected chi connectivity index (χ2v) is 5.77. The van der Waals surface area contributed by atoms with Crippen molar-refractivity contribution in [3.8, 4) is 0 Å². The Labute approximate surface area is 148 Å². The van der Waals surface area contributed by atoms with E-state index < -0.39 is 18.0 Å². The number of thiocarbonyl (C=S) groups is 1. The number of rotatable bonds is 6. The van der Waals surface area contributed by atoms with Gasteiger partial charge in [-0.25, -0.2) is 4.39 Å². The van der Waals surface area contributed by atoms with Crippen molar-refractivity contribution in [1.29, 1.82) is 0 Å². The fourth-order valence-electron chi connectivity index (χ4n) is 1.86. The highest BCUT2D eigenvalue weighted by molar-refractivity contribution is 7.95. The molecule has 1 N–H and O–H groups in total. The van der Waals surface area contributed by atoms with E-state index in [9.17, 15) is 13.2 Å². The molecule has 1 rings (SSSR count). The molecule has 0 amide bonds. The monoisotopic (exact) mass is 377 g/mol. The van der Waals surface area contributed by atoms with Gasteiger partial charge in [-0.1, -0.05) is 47.0 Å². The van der Waals surface area contributed by atoms with Crippen LogP contribution in [0.1, 0.15) is 59.8 Å². The van der Waals surface area contributed by atoms with E-state index in [-0.39, 0.29) is 23.3 Å². The Kier molecular flexibility index (Phi) is 16.7. The molecule has 1 unspecified atom stereocenters. The smallest absolute Gasteiger partial charge is 0.351 e. The van der Waals surface area contributed by atoms with Crippen molar-refractivity contribution in [2.45, 2.75) is 77.3 Å². The molecular formula is C15H30F3NO2S2. The molecule has 0 aromatic heterocycles. The number of alkyl halides is 3. The van der Waals surface area contributed by atoms with Crippen LogP contribution in [-0.4, -0.2) is 36.4 Å². The predicted octanol–water partition coefficient (Wildman–Crippen LogP) is 5.49. The van der Waals surface area contributed by atoms with Gasteiger partial charge in [-0.2, -0.15) is 8.78 Å². The van der Waals surface area contributed by atoms with Gasteiger partial charge in [0.1, 0.15) is 6.61 Å². The van der Waals surface area contributed by atoms with Crippen LogP contribution in [-0.2, 0) is 8.92 Å². The average Bonchev–Trinajstić information content (AvgIpc) is 2.57. The fourth-order valence-corrected chi connectivity index (χ4v) is 2.49. The normalized spacial score (nSPS) is 16.2. The third-order valence-corrected chi connectivity index (χ3v) is 3.73. The number of halogens is 3. The Morgan fingerprint density at radius 3 is 2.22 bits per heavy atom. The zero-order chi connectivity index (χ0) is 18.3. The second kappa shape index (κ2) is 15.3. The Balaban J connectivity index is 0. The van der Waals surface area contributed by atoms with Gasteiger partial charge in [-0.05, 0) is 25.1 Å². The van der Waals surface area contributed by atoms with Crippen LogP contribution in [0.3, 0.4) is 0 Å². The van der Waals surface area contributed by atoms with Crippen molar-refractivity contribution >= 4 is 29.4 Å². The molecule has 0 aromatic rings. The van der Waals surface area contributed by atoms with Crippen molar-refractivity contribution in [1.82, 2.24) is 5.32 Å². The van der Waals surface area contributed by atoms with Crippen molar-refractivity contribution in [3.63, 3.8) is 0 Å². The predicted molar refractivity (Wildman–Crippen MR) is 95.7 cm³/mol. The molecule has 0 aromatic carbocycles. The molecule has 1 aliphatic rings. The molecule has 23 heavy (non-hydrogen) atoms. The third-order valence-electron chi connectivity index (χ3n) is 2.85. The highest BCUT2D eigenvalue weighted by Gasteiger charge is 2.42. The molecule has 1 aliphatic carbocycles. The van der Waals surface area contributed by atoms with Crippen LogP contribution >= 0.6 is 24.3 Å². The van der Waals surface area contributed by atoms with Gasteiger partial charge in [-0.15, -0.1) is 0 Å². The minimum atomic E-state index is -3.64. The van der Waals surface area contributed by atoms with Crippen LogP contribution in [0.4, 0.5) is 13.2 Å². The van der Waals surface area contributed by atoms with E-state index in [1.54, 1.807) is 0 Å². The Bertz CT molecular complexity index is 292. The number of ether oxygens (including phenoxy) is 1. The first-order chi connectivity index (χ1) is 11.0. The summed E-state index contributed by atoms with van der Waals surface area (Å²) in [5, 5.41) is -0.747. The number of hydrogen-bond acceptors (Lipinski definition) is 4. The van der Waals surface area contributed by atoms with E-state index in [2.05, 4.69) is 9.50 Å². The molecule has 0 aliphatic heterocycles. The quantitative estimate of drug-likeness (QED) is 0.489. The lowest BCUT2D eigenvalue weighted by Gasteiger charge is -2.24. The number of hydrogen-bond donors (Lipinski definition) is 1. The first-order valence-corrected chi connectivity index (χ1v) is 9.27. The summed E-state index contributed by atoms with van der Waals surface area (Å²) in [6.07, 6.45) is 2.88. The summed E-state index contributed by atoms with van der Waals surface area (Å²) in [5.41, 5.74) is 0. The highest BCUT2D eigenvalue weighted by Crippen LogP contribution is 2.34. The Hall–Kier alpha value is -0.210. The first kappa shape index (κ1) is 25.0. The zero-order valence-electron chi connectivity index (χ0n) is 14.7. The van der Waals surface area contributed by atoms with Crippen molar-refractivity contribution in [2.24, 2.45) is 0 Å². The lowest BCUT2D eigenvalue weighted by atomic mass is 9.96. The maximum Gasteiger partial charge on any atom is 0.351 e. The van der Waals surface area contributed by atoms with Gasteiger partial charge in [0.15, 0.2) is 0 Å². The van der Waals surface area contributed by atoms with Gasteiger partial charge in [0.2, 0.25) is 6.17 Å². The molecular weight excluding hydrogens is 347 g/mol. The number of nitrogens with one attached hydrogen (secondary N) is 1. The van der Waals surface area contributed by atoms with E-state index in [1.165, 1.54) is 6.42 Å². The van der Waals surface area contributed by atoms with Crippen LogP contribution in [0.25, 0.3) is 0 Å². The molecule has 3 nitrogen and oxygen atoms in total. The van der Waals surface area contributed by atoms with Gasteiger partial charge in [0.05, 0.1) is 19.2 Å². The first-order valence-electron chi connectivity index (χ1n) is 8.12. The van der Waals surface area contributed by atoms with Crippen LogP contribution < -0.4 is 5.32 Å². The van der Waals surface area contributed by atoms with Crippen LogP contribution in [0.5, 0.6) is 0 Å².